The first kappa shape index (κ1) is 13.9. The van der Waals surface area contributed by atoms with E-state index in [0.717, 1.165) is 7.11 Å². The maximum Gasteiger partial charge on any atom is 0.404 e. The average molecular weight is 274 g/mol. The largest absolute Gasteiger partial charge is 0.466 e. The lowest BCUT2D eigenvalue weighted by molar-refractivity contribution is -0.386. The predicted molar refractivity (Wildman–Crippen MR) is 60.2 cm³/mol. The lowest BCUT2D eigenvalue weighted by atomic mass is 10.1. The summed E-state index contributed by atoms with van der Waals surface area (Å²) in [5, 5.41) is 10.8. The normalized spacial score (nSPS) is 11.4. The van der Waals surface area contributed by atoms with Crippen LogP contribution in [0.5, 0.6) is 0 Å². The predicted octanol–water partition coefficient (Wildman–Crippen LogP) is 2.18. The molecule has 8 heteroatoms. The molecule has 0 aliphatic carbocycles. The van der Waals surface area contributed by atoms with Crippen molar-refractivity contribution in [2.75, 3.05) is 7.11 Å². The molecule has 0 radical (unpaired) electrons. The number of para-hydroxylation sites is 1. The van der Waals surface area contributed by atoms with E-state index in [0.29, 0.717) is 0 Å². The number of carbonyl (C=O) groups is 2. The van der Waals surface area contributed by atoms with Gasteiger partial charge < -0.3 is 9.47 Å². The summed E-state index contributed by atoms with van der Waals surface area (Å²) in [5.74, 6) is -0.960. The van der Waals surface area contributed by atoms with E-state index in [9.17, 15) is 19.7 Å². The van der Waals surface area contributed by atoms with Crippen molar-refractivity contribution in [2.24, 2.45) is 0 Å². The van der Waals surface area contributed by atoms with Gasteiger partial charge in [0.25, 0.3) is 5.69 Å². The van der Waals surface area contributed by atoms with E-state index in [-0.39, 0.29) is 11.3 Å². The lowest BCUT2D eigenvalue weighted by Crippen LogP contribution is -2.19. The van der Waals surface area contributed by atoms with Crippen LogP contribution in [0.3, 0.4) is 0 Å². The number of nitro benzene ring substituents is 1. The quantitative estimate of drug-likeness (QED) is 0.361. The van der Waals surface area contributed by atoms with Crippen molar-refractivity contribution in [2.45, 2.75) is 6.10 Å². The highest BCUT2D eigenvalue weighted by Crippen LogP contribution is 2.28. The molecule has 1 aromatic rings. The molecule has 0 saturated heterocycles. The van der Waals surface area contributed by atoms with Crippen LogP contribution in [0.1, 0.15) is 11.7 Å². The number of esters is 1. The fraction of sp³-hybridized carbons (Fsp3) is 0.200. The van der Waals surface area contributed by atoms with Gasteiger partial charge in [0, 0.05) is 17.7 Å². The minimum atomic E-state index is -1.57. The highest BCUT2D eigenvalue weighted by molar-refractivity contribution is 6.61. The fourth-order valence-electron chi connectivity index (χ4n) is 1.31. The third-order valence-corrected chi connectivity index (χ3v) is 2.13. The molecule has 1 atom stereocenters. The third kappa shape index (κ3) is 3.17. The lowest BCUT2D eigenvalue weighted by Gasteiger charge is -2.13. The topological polar surface area (TPSA) is 95.7 Å². The zero-order valence-electron chi connectivity index (χ0n) is 9.16. The second-order valence-electron chi connectivity index (χ2n) is 3.07. The van der Waals surface area contributed by atoms with Gasteiger partial charge in [0.2, 0.25) is 6.10 Å². The van der Waals surface area contributed by atoms with Gasteiger partial charge in [-0.3, -0.25) is 10.1 Å². The molecule has 0 saturated carbocycles. The van der Waals surface area contributed by atoms with Gasteiger partial charge in [-0.25, -0.2) is 9.59 Å². The van der Waals surface area contributed by atoms with Gasteiger partial charge in [-0.05, 0) is 6.07 Å². The third-order valence-electron chi connectivity index (χ3n) is 2.04. The van der Waals surface area contributed by atoms with E-state index in [2.05, 4.69) is 9.47 Å². The molecule has 0 aliphatic heterocycles. The van der Waals surface area contributed by atoms with E-state index in [1.807, 2.05) is 0 Å². The van der Waals surface area contributed by atoms with Gasteiger partial charge in [0.1, 0.15) is 0 Å². The van der Waals surface area contributed by atoms with Crippen LogP contribution in [-0.4, -0.2) is 23.4 Å². The minimum absolute atomic E-state index is 0.108. The number of benzene rings is 1. The zero-order chi connectivity index (χ0) is 13.7. The molecule has 7 nitrogen and oxygen atoms in total. The Hall–Kier alpha value is -2.15. The molecule has 0 N–H and O–H groups in total. The van der Waals surface area contributed by atoms with Crippen molar-refractivity contribution in [1.29, 1.82) is 0 Å². The summed E-state index contributed by atoms with van der Waals surface area (Å²) < 4.78 is 8.93. The average Bonchev–Trinajstić information content (AvgIpc) is 2.34. The molecule has 0 aromatic heterocycles. The molecule has 0 fully saturated rings. The van der Waals surface area contributed by atoms with Gasteiger partial charge in [-0.1, -0.05) is 12.1 Å². The van der Waals surface area contributed by atoms with Gasteiger partial charge in [0.15, 0.2) is 0 Å². The van der Waals surface area contributed by atoms with Crippen molar-refractivity contribution >= 4 is 28.7 Å². The first-order valence-corrected chi connectivity index (χ1v) is 5.02. The second kappa shape index (κ2) is 5.97. The van der Waals surface area contributed by atoms with Gasteiger partial charge in [-0.15, -0.1) is 0 Å². The Balaban J connectivity index is 3.24. The minimum Gasteiger partial charge on any atom is -0.466 e. The Labute approximate surface area is 106 Å². The number of rotatable bonds is 4. The summed E-state index contributed by atoms with van der Waals surface area (Å²) in [6, 6.07) is 5.33. The number of halogens is 1. The molecule has 0 amide bonds. The summed E-state index contributed by atoms with van der Waals surface area (Å²) >= 11 is 5.02. The van der Waals surface area contributed by atoms with Crippen LogP contribution in [0.25, 0.3) is 0 Å². The van der Waals surface area contributed by atoms with E-state index in [1.165, 1.54) is 24.3 Å². The Kier molecular flexibility index (Phi) is 4.61. The standard InChI is InChI=1S/C10H8ClNO6/c1-17-9(13)8(18-10(11)14)6-4-2-3-5-7(6)12(15)16/h2-5,8H,1H3. The number of carbonyl (C=O) groups excluding carboxylic acids is 2. The molecular formula is C10H8ClNO6. The maximum absolute atomic E-state index is 11.4. The van der Waals surface area contributed by atoms with Crippen molar-refractivity contribution < 1.29 is 24.0 Å². The molecule has 96 valence electrons. The molecule has 1 aromatic carbocycles. The highest BCUT2D eigenvalue weighted by atomic mass is 35.5. The monoisotopic (exact) mass is 273 g/mol. The van der Waals surface area contributed by atoms with Crippen LogP contribution in [-0.2, 0) is 14.3 Å². The van der Waals surface area contributed by atoms with Crippen LogP contribution in [0, 0.1) is 10.1 Å². The number of ether oxygens (including phenoxy) is 2. The van der Waals surface area contributed by atoms with Crippen molar-refractivity contribution in [3.63, 3.8) is 0 Å². The fourth-order valence-corrected chi connectivity index (χ4v) is 1.40. The molecule has 0 heterocycles. The van der Waals surface area contributed by atoms with E-state index in [1.54, 1.807) is 0 Å². The summed E-state index contributed by atoms with van der Waals surface area (Å²) in [4.78, 5) is 32.2. The summed E-state index contributed by atoms with van der Waals surface area (Å²) in [7, 11) is 1.06. The van der Waals surface area contributed by atoms with E-state index >= 15 is 0 Å². The van der Waals surface area contributed by atoms with Crippen LogP contribution < -0.4 is 0 Å². The molecule has 18 heavy (non-hydrogen) atoms. The Bertz CT molecular complexity index is 489. The molecule has 1 rings (SSSR count). The van der Waals surface area contributed by atoms with Crippen LogP contribution in [0.4, 0.5) is 10.5 Å². The molecular weight excluding hydrogens is 266 g/mol. The number of nitro groups is 1. The Morgan fingerprint density at radius 3 is 2.50 bits per heavy atom. The smallest absolute Gasteiger partial charge is 0.404 e. The van der Waals surface area contributed by atoms with Crippen molar-refractivity contribution in [1.82, 2.24) is 0 Å². The first-order chi connectivity index (χ1) is 8.47. The first-order valence-electron chi connectivity index (χ1n) is 4.64. The molecule has 0 aliphatic rings. The Morgan fingerprint density at radius 2 is 2.00 bits per heavy atom. The summed E-state index contributed by atoms with van der Waals surface area (Å²) in [6.07, 6.45) is -1.57. The number of hydrogen-bond donors (Lipinski definition) is 0. The second-order valence-corrected chi connectivity index (χ2v) is 3.38. The Morgan fingerprint density at radius 1 is 1.39 bits per heavy atom. The molecule has 1 unspecified atom stereocenters. The number of hydrogen-bond acceptors (Lipinski definition) is 6. The van der Waals surface area contributed by atoms with E-state index in [4.69, 9.17) is 11.6 Å². The van der Waals surface area contributed by atoms with Gasteiger partial charge in [-0.2, -0.15) is 0 Å². The van der Waals surface area contributed by atoms with Crippen molar-refractivity contribution in [3.05, 3.63) is 39.9 Å². The van der Waals surface area contributed by atoms with Gasteiger partial charge in [0.05, 0.1) is 17.6 Å². The SMILES string of the molecule is COC(=O)C(OC(=O)Cl)c1ccccc1[N+](=O)[O-]. The molecule has 0 spiro atoms. The molecule has 0 bridgehead atoms. The number of nitrogens with zero attached hydrogens (tertiary/aromatic N) is 1. The van der Waals surface area contributed by atoms with Crippen LogP contribution >= 0.6 is 11.6 Å². The highest BCUT2D eigenvalue weighted by Gasteiger charge is 2.31. The van der Waals surface area contributed by atoms with Gasteiger partial charge >= 0.3 is 11.4 Å². The van der Waals surface area contributed by atoms with Crippen LogP contribution in [0.15, 0.2) is 24.3 Å². The number of methoxy groups -OCH3 is 1. The van der Waals surface area contributed by atoms with E-state index < -0.39 is 22.4 Å². The summed E-state index contributed by atoms with van der Waals surface area (Å²) in [6.45, 7) is 0. The van der Waals surface area contributed by atoms with Crippen LogP contribution in [0.2, 0.25) is 0 Å². The summed E-state index contributed by atoms with van der Waals surface area (Å²) in [5.41, 5.74) is -1.74. The zero-order valence-corrected chi connectivity index (χ0v) is 9.92. The maximum atomic E-state index is 11.4. The van der Waals surface area contributed by atoms with Crippen molar-refractivity contribution in [3.8, 4) is 0 Å².